The quantitative estimate of drug-likeness (QED) is 0.321. The van der Waals surface area contributed by atoms with Gasteiger partial charge in [0, 0.05) is 19.2 Å². The minimum absolute atomic E-state index is 0. The maximum absolute atomic E-state index is 12.4. The SMILES string of the molecule is CN=C(NCc1ccc(C(N)=O)o1)NCc1ccccc1OC(F)F.I. The molecule has 2 aromatic rings. The molecule has 0 aliphatic rings. The zero-order valence-electron chi connectivity index (χ0n) is 13.9. The van der Waals surface area contributed by atoms with E-state index in [1.807, 2.05) is 0 Å². The maximum atomic E-state index is 12.4. The fraction of sp³-hybridized carbons (Fsp3) is 0.250. The van der Waals surface area contributed by atoms with E-state index >= 15 is 0 Å². The van der Waals surface area contributed by atoms with Crippen LogP contribution in [0.2, 0.25) is 0 Å². The molecule has 0 bridgehead atoms. The first kappa shape index (κ1) is 21.7. The van der Waals surface area contributed by atoms with Crippen molar-refractivity contribution in [3.05, 3.63) is 53.5 Å². The van der Waals surface area contributed by atoms with Gasteiger partial charge in [-0.2, -0.15) is 8.78 Å². The van der Waals surface area contributed by atoms with Gasteiger partial charge < -0.3 is 25.5 Å². The molecule has 1 aromatic carbocycles. The maximum Gasteiger partial charge on any atom is 0.387 e. The number of ether oxygens (including phenoxy) is 1. The highest BCUT2D eigenvalue weighted by Gasteiger charge is 2.10. The molecule has 0 aliphatic heterocycles. The lowest BCUT2D eigenvalue weighted by molar-refractivity contribution is -0.0504. The summed E-state index contributed by atoms with van der Waals surface area (Å²) in [5.41, 5.74) is 5.67. The number of aliphatic imine (C=N–C) groups is 1. The highest BCUT2D eigenvalue weighted by molar-refractivity contribution is 14.0. The lowest BCUT2D eigenvalue weighted by atomic mass is 10.2. The van der Waals surface area contributed by atoms with Crippen molar-refractivity contribution >= 4 is 35.8 Å². The van der Waals surface area contributed by atoms with Gasteiger partial charge in [0.05, 0.1) is 6.54 Å². The topological polar surface area (TPSA) is 102 Å². The predicted octanol–water partition coefficient (Wildman–Crippen LogP) is 2.46. The number of benzene rings is 1. The first-order valence-corrected chi connectivity index (χ1v) is 7.35. The minimum Gasteiger partial charge on any atom is -0.454 e. The van der Waals surface area contributed by atoms with Crippen molar-refractivity contribution in [3.8, 4) is 5.75 Å². The van der Waals surface area contributed by atoms with Crippen LogP contribution in [-0.4, -0.2) is 25.5 Å². The minimum atomic E-state index is -2.89. The normalized spacial score (nSPS) is 11.0. The summed E-state index contributed by atoms with van der Waals surface area (Å²) in [7, 11) is 1.56. The molecule has 7 nitrogen and oxygen atoms in total. The molecule has 26 heavy (non-hydrogen) atoms. The molecule has 2 rings (SSSR count). The van der Waals surface area contributed by atoms with Crippen molar-refractivity contribution in [2.75, 3.05) is 7.05 Å². The number of nitrogens with one attached hydrogen (secondary N) is 2. The molecule has 1 amide bonds. The second-order valence-corrected chi connectivity index (χ2v) is 4.90. The van der Waals surface area contributed by atoms with Gasteiger partial charge in [0.15, 0.2) is 11.7 Å². The van der Waals surface area contributed by atoms with E-state index in [2.05, 4.69) is 20.4 Å². The number of halogens is 3. The molecular formula is C16H19F2IN4O3. The third-order valence-corrected chi connectivity index (χ3v) is 3.19. The highest BCUT2D eigenvalue weighted by atomic mass is 127. The van der Waals surface area contributed by atoms with E-state index < -0.39 is 12.5 Å². The van der Waals surface area contributed by atoms with Gasteiger partial charge in [0.25, 0.3) is 5.91 Å². The Labute approximate surface area is 166 Å². The number of primary amides is 1. The van der Waals surface area contributed by atoms with E-state index in [0.717, 1.165) is 0 Å². The third-order valence-electron chi connectivity index (χ3n) is 3.19. The molecule has 0 atom stereocenters. The smallest absolute Gasteiger partial charge is 0.387 e. The standard InChI is InChI=1S/C16H18F2N4O3.HI/c1-20-16(22-9-11-6-7-13(24-11)14(19)23)21-8-10-4-2-3-5-12(10)25-15(17)18;/h2-7,15H,8-9H2,1H3,(H2,19,23)(H2,20,21,22);1H. The van der Waals surface area contributed by atoms with E-state index in [9.17, 15) is 13.6 Å². The van der Waals surface area contributed by atoms with E-state index in [0.29, 0.717) is 17.3 Å². The summed E-state index contributed by atoms with van der Waals surface area (Å²) in [5, 5.41) is 5.95. The van der Waals surface area contributed by atoms with E-state index in [4.69, 9.17) is 10.2 Å². The Hall–Kier alpha value is -2.37. The lowest BCUT2D eigenvalue weighted by Crippen LogP contribution is -2.36. The number of hydrogen-bond donors (Lipinski definition) is 3. The first-order chi connectivity index (χ1) is 12.0. The largest absolute Gasteiger partial charge is 0.454 e. The first-order valence-electron chi connectivity index (χ1n) is 7.35. The molecule has 10 heteroatoms. The summed E-state index contributed by atoms with van der Waals surface area (Å²) in [6, 6.07) is 9.57. The average molecular weight is 480 g/mol. The van der Waals surface area contributed by atoms with Crippen molar-refractivity contribution < 1.29 is 22.7 Å². The summed E-state index contributed by atoms with van der Waals surface area (Å²) in [6.45, 7) is -2.40. The van der Waals surface area contributed by atoms with Gasteiger partial charge in [-0.05, 0) is 18.2 Å². The Morgan fingerprint density at radius 1 is 1.23 bits per heavy atom. The van der Waals surface area contributed by atoms with Gasteiger partial charge in [-0.25, -0.2) is 0 Å². The van der Waals surface area contributed by atoms with Crippen LogP contribution in [0, 0.1) is 0 Å². The van der Waals surface area contributed by atoms with Crippen molar-refractivity contribution in [3.63, 3.8) is 0 Å². The second kappa shape index (κ2) is 10.6. The number of nitrogens with zero attached hydrogens (tertiary/aromatic N) is 1. The summed E-state index contributed by atoms with van der Waals surface area (Å²) in [5.74, 6) is 0.432. The average Bonchev–Trinajstić information content (AvgIpc) is 3.05. The molecule has 0 radical (unpaired) electrons. The molecule has 0 saturated carbocycles. The van der Waals surface area contributed by atoms with E-state index in [-0.39, 0.29) is 48.6 Å². The molecule has 0 aliphatic carbocycles. The fourth-order valence-electron chi connectivity index (χ4n) is 2.04. The summed E-state index contributed by atoms with van der Waals surface area (Å²) in [6.07, 6.45) is 0. The Morgan fingerprint density at radius 3 is 2.54 bits per heavy atom. The number of amides is 1. The van der Waals surface area contributed by atoms with Crippen LogP contribution in [0.1, 0.15) is 21.9 Å². The van der Waals surface area contributed by atoms with Crippen LogP contribution in [0.4, 0.5) is 8.78 Å². The zero-order valence-corrected chi connectivity index (χ0v) is 16.2. The predicted molar refractivity (Wildman–Crippen MR) is 103 cm³/mol. The molecule has 0 fully saturated rings. The summed E-state index contributed by atoms with van der Waals surface area (Å²) < 4.78 is 34.5. The molecule has 142 valence electrons. The van der Waals surface area contributed by atoms with Crippen molar-refractivity contribution in [1.82, 2.24) is 10.6 Å². The van der Waals surface area contributed by atoms with Gasteiger partial charge in [-0.1, -0.05) is 18.2 Å². The molecule has 1 heterocycles. The van der Waals surface area contributed by atoms with Gasteiger partial charge in [0.1, 0.15) is 11.5 Å². The van der Waals surface area contributed by atoms with E-state index in [1.54, 1.807) is 31.3 Å². The Balaban J connectivity index is 0.00000338. The Bertz CT molecular complexity index is 753. The number of alkyl halides is 2. The Kier molecular flexibility index (Phi) is 8.82. The van der Waals surface area contributed by atoms with Crippen LogP contribution in [0.5, 0.6) is 5.75 Å². The monoisotopic (exact) mass is 480 g/mol. The molecule has 0 unspecified atom stereocenters. The Morgan fingerprint density at radius 2 is 1.92 bits per heavy atom. The summed E-state index contributed by atoms with van der Waals surface area (Å²) in [4.78, 5) is 15.0. The number of guanidine groups is 1. The van der Waals surface area contributed by atoms with Crippen LogP contribution in [0.3, 0.4) is 0 Å². The number of para-hydroxylation sites is 1. The van der Waals surface area contributed by atoms with Crippen LogP contribution < -0.4 is 21.1 Å². The van der Waals surface area contributed by atoms with Gasteiger partial charge >= 0.3 is 6.61 Å². The molecule has 4 N–H and O–H groups in total. The van der Waals surface area contributed by atoms with Crippen molar-refractivity contribution in [2.45, 2.75) is 19.7 Å². The number of furan rings is 1. The number of rotatable bonds is 7. The van der Waals surface area contributed by atoms with Crippen molar-refractivity contribution in [1.29, 1.82) is 0 Å². The number of carbonyl (C=O) groups is 1. The van der Waals surface area contributed by atoms with Crippen LogP contribution in [0.25, 0.3) is 0 Å². The lowest BCUT2D eigenvalue weighted by Gasteiger charge is -2.14. The fourth-order valence-corrected chi connectivity index (χ4v) is 2.04. The van der Waals surface area contributed by atoms with Crippen LogP contribution in [0.15, 0.2) is 45.8 Å². The molecular weight excluding hydrogens is 461 g/mol. The van der Waals surface area contributed by atoms with E-state index in [1.165, 1.54) is 12.1 Å². The third kappa shape index (κ3) is 6.50. The number of hydrogen-bond acceptors (Lipinski definition) is 4. The number of carbonyl (C=O) groups excluding carboxylic acids is 1. The van der Waals surface area contributed by atoms with Gasteiger partial charge in [0.2, 0.25) is 0 Å². The molecule has 1 aromatic heterocycles. The molecule has 0 saturated heterocycles. The second-order valence-electron chi connectivity index (χ2n) is 4.90. The van der Waals surface area contributed by atoms with Crippen LogP contribution >= 0.6 is 24.0 Å². The highest BCUT2D eigenvalue weighted by Crippen LogP contribution is 2.19. The van der Waals surface area contributed by atoms with Gasteiger partial charge in [-0.3, -0.25) is 9.79 Å². The zero-order chi connectivity index (χ0) is 18.2. The number of nitrogens with two attached hydrogens (primary N) is 1. The van der Waals surface area contributed by atoms with Crippen molar-refractivity contribution in [2.24, 2.45) is 10.7 Å². The van der Waals surface area contributed by atoms with Crippen LogP contribution in [-0.2, 0) is 13.1 Å². The summed E-state index contributed by atoms with van der Waals surface area (Å²) >= 11 is 0. The molecule has 0 spiro atoms. The van der Waals surface area contributed by atoms with Gasteiger partial charge in [-0.15, -0.1) is 24.0 Å².